The molecule has 2 aliphatic heterocycles. The van der Waals surface area contributed by atoms with Crippen molar-refractivity contribution in [3.05, 3.63) is 0 Å². The second-order valence-corrected chi connectivity index (χ2v) is 6.19. The maximum atomic E-state index is 11.9. The Bertz CT molecular complexity index is 288. The van der Waals surface area contributed by atoms with Gasteiger partial charge in [0, 0.05) is 18.5 Å². The van der Waals surface area contributed by atoms with Crippen molar-refractivity contribution in [1.82, 2.24) is 9.80 Å². The van der Waals surface area contributed by atoms with Gasteiger partial charge < -0.3 is 14.9 Å². The van der Waals surface area contributed by atoms with Gasteiger partial charge >= 0.3 is 0 Å². The second kappa shape index (κ2) is 4.58. The summed E-state index contributed by atoms with van der Waals surface area (Å²) in [6.07, 6.45) is 1.55. The van der Waals surface area contributed by atoms with E-state index >= 15 is 0 Å². The molecule has 0 bridgehead atoms. The number of amides is 1. The Kier molecular flexibility index (Phi) is 3.46. The molecule has 2 aliphatic rings. The van der Waals surface area contributed by atoms with Crippen LogP contribution in [-0.4, -0.2) is 60.1 Å². The quantitative estimate of drug-likeness (QED) is 0.767. The first-order valence-corrected chi connectivity index (χ1v) is 6.59. The molecule has 0 aliphatic carbocycles. The molecule has 17 heavy (non-hydrogen) atoms. The summed E-state index contributed by atoms with van der Waals surface area (Å²) >= 11 is 0. The first kappa shape index (κ1) is 12.8. The Balaban J connectivity index is 1.84. The van der Waals surface area contributed by atoms with Crippen LogP contribution in [0, 0.1) is 11.3 Å². The highest BCUT2D eigenvalue weighted by Crippen LogP contribution is 2.40. The highest BCUT2D eigenvalue weighted by atomic mass is 16.3. The molecule has 1 atom stereocenters. The first-order valence-electron chi connectivity index (χ1n) is 6.59. The van der Waals surface area contributed by atoms with Crippen LogP contribution in [0.1, 0.15) is 26.7 Å². The lowest BCUT2D eigenvalue weighted by atomic mass is 9.72. The van der Waals surface area contributed by atoms with Crippen LogP contribution in [-0.2, 0) is 4.79 Å². The maximum Gasteiger partial charge on any atom is 0.251 e. The average Bonchev–Trinajstić information content (AvgIpc) is 2.25. The molecule has 2 fully saturated rings. The SMILES string of the molecule is CC(C)C(O)C(=O)N1CC2(CCN(C)CC2)C1. The summed E-state index contributed by atoms with van der Waals surface area (Å²) < 4.78 is 0. The minimum atomic E-state index is -0.821. The van der Waals surface area contributed by atoms with Crippen LogP contribution in [0.5, 0.6) is 0 Å². The number of likely N-dealkylation sites (tertiary alicyclic amines) is 2. The molecule has 2 rings (SSSR count). The smallest absolute Gasteiger partial charge is 0.251 e. The zero-order chi connectivity index (χ0) is 12.6. The van der Waals surface area contributed by atoms with E-state index in [-0.39, 0.29) is 11.8 Å². The highest BCUT2D eigenvalue weighted by Gasteiger charge is 2.47. The van der Waals surface area contributed by atoms with Crippen LogP contribution in [0.2, 0.25) is 0 Å². The fraction of sp³-hybridized carbons (Fsp3) is 0.923. The van der Waals surface area contributed by atoms with E-state index in [0.29, 0.717) is 5.41 Å². The molecule has 2 saturated heterocycles. The van der Waals surface area contributed by atoms with E-state index in [1.165, 1.54) is 12.8 Å². The Morgan fingerprint density at radius 3 is 2.24 bits per heavy atom. The summed E-state index contributed by atoms with van der Waals surface area (Å²) in [6.45, 7) is 7.73. The van der Waals surface area contributed by atoms with E-state index in [0.717, 1.165) is 26.2 Å². The Morgan fingerprint density at radius 2 is 1.76 bits per heavy atom. The van der Waals surface area contributed by atoms with E-state index in [4.69, 9.17) is 0 Å². The fourth-order valence-electron chi connectivity index (χ4n) is 2.80. The number of piperidine rings is 1. The third kappa shape index (κ3) is 2.47. The molecule has 0 saturated carbocycles. The molecule has 0 aromatic rings. The Morgan fingerprint density at radius 1 is 1.24 bits per heavy atom. The van der Waals surface area contributed by atoms with Crippen molar-refractivity contribution in [1.29, 1.82) is 0 Å². The van der Waals surface area contributed by atoms with Gasteiger partial charge in [-0.1, -0.05) is 13.8 Å². The zero-order valence-corrected chi connectivity index (χ0v) is 11.1. The summed E-state index contributed by atoms with van der Waals surface area (Å²) in [7, 11) is 2.15. The molecule has 1 spiro atoms. The summed E-state index contributed by atoms with van der Waals surface area (Å²) in [5, 5.41) is 9.76. The van der Waals surface area contributed by atoms with Crippen LogP contribution in [0.4, 0.5) is 0 Å². The number of rotatable bonds is 2. The van der Waals surface area contributed by atoms with Gasteiger partial charge in [-0.3, -0.25) is 4.79 Å². The van der Waals surface area contributed by atoms with E-state index in [1.54, 1.807) is 0 Å². The average molecular weight is 240 g/mol. The largest absolute Gasteiger partial charge is 0.383 e. The van der Waals surface area contributed by atoms with Gasteiger partial charge in [-0.2, -0.15) is 0 Å². The number of hydrogen-bond donors (Lipinski definition) is 1. The van der Waals surface area contributed by atoms with Crippen molar-refractivity contribution >= 4 is 5.91 Å². The summed E-state index contributed by atoms with van der Waals surface area (Å²) in [5.74, 6) is -0.0684. The first-order chi connectivity index (χ1) is 7.93. The van der Waals surface area contributed by atoms with Gasteiger partial charge in [0.2, 0.25) is 0 Å². The van der Waals surface area contributed by atoms with Crippen molar-refractivity contribution < 1.29 is 9.90 Å². The number of nitrogens with zero attached hydrogens (tertiary/aromatic N) is 2. The molecule has 1 unspecified atom stereocenters. The minimum absolute atomic E-state index is 0.0107. The predicted molar refractivity (Wildman–Crippen MR) is 66.6 cm³/mol. The number of aliphatic hydroxyl groups is 1. The van der Waals surface area contributed by atoms with Gasteiger partial charge in [0.1, 0.15) is 6.10 Å². The standard InChI is InChI=1S/C13H24N2O2/c1-10(2)11(16)12(17)15-8-13(9-15)4-6-14(3)7-5-13/h10-11,16H,4-9H2,1-3H3. The van der Waals surface area contributed by atoms with Gasteiger partial charge in [0.25, 0.3) is 5.91 Å². The van der Waals surface area contributed by atoms with Crippen molar-refractivity contribution in [2.24, 2.45) is 11.3 Å². The molecule has 4 nitrogen and oxygen atoms in total. The third-order valence-corrected chi connectivity index (χ3v) is 4.30. The number of carbonyl (C=O) groups excluding carboxylic acids is 1. The zero-order valence-electron chi connectivity index (χ0n) is 11.1. The van der Waals surface area contributed by atoms with Crippen molar-refractivity contribution in [2.45, 2.75) is 32.8 Å². The molecule has 4 heteroatoms. The van der Waals surface area contributed by atoms with Crippen LogP contribution >= 0.6 is 0 Å². The van der Waals surface area contributed by atoms with Crippen molar-refractivity contribution in [3.63, 3.8) is 0 Å². The highest BCUT2D eigenvalue weighted by molar-refractivity contribution is 5.81. The monoisotopic (exact) mass is 240 g/mol. The van der Waals surface area contributed by atoms with Crippen LogP contribution in [0.3, 0.4) is 0 Å². The van der Waals surface area contributed by atoms with Gasteiger partial charge in [0.15, 0.2) is 0 Å². The van der Waals surface area contributed by atoms with Crippen LogP contribution in [0.25, 0.3) is 0 Å². The van der Waals surface area contributed by atoms with Crippen molar-refractivity contribution in [2.75, 3.05) is 33.2 Å². The summed E-state index contributed by atoms with van der Waals surface area (Å²) in [6, 6.07) is 0. The molecular formula is C13H24N2O2. The fourth-order valence-corrected chi connectivity index (χ4v) is 2.80. The topological polar surface area (TPSA) is 43.8 Å². The van der Waals surface area contributed by atoms with E-state index in [2.05, 4.69) is 11.9 Å². The molecule has 0 aromatic carbocycles. The molecule has 1 amide bonds. The van der Waals surface area contributed by atoms with Gasteiger partial charge in [-0.05, 0) is 38.9 Å². The molecule has 98 valence electrons. The summed E-state index contributed by atoms with van der Waals surface area (Å²) in [5.41, 5.74) is 0.360. The molecule has 1 N–H and O–H groups in total. The normalized spacial score (nSPS) is 26.1. The van der Waals surface area contributed by atoms with E-state index in [9.17, 15) is 9.90 Å². The number of carbonyl (C=O) groups is 1. The van der Waals surface area contributed by atoms with Crippen LogP contribution < -0.4 is 0 Å². The lowest BCUT2D eigenvalue weighted by Crippen LogP contribution is -2.63. The number of aliphatic hydroxyl groups excluding tert-OH is 1. The van der Waals surface area contributed by atoms with E-state index in [1.807, 2.05) is 18.7 Å². The summed E-state index contributed by atoms with van der Waals surface area (Å²) in [4.78, 5) is 16.1. The minimum Gasteiger partial charge on any atom is -0.383 e. The number of hydrogen-bond acceptors (Lipinski definition) is 3. The lowest BCUT2D eigenvalue weighted by Gasteiger charge is -2.54. The molecule has 0 aromatic heterocycles. The van der Waals surface area contributed by atoms with Gasteiger partial charge in [-0.25, -0.2) is 0 Å². The second-order valence-electron chi connectivity index (χ2n) is 6.19. The van der Waals surface area contributed by atoms with Crippen LogP contribution in [0.15, 0.2) is 0 Å². The van der Waals surface area contributed by atoms with Crippen molar-refractivity contribution in [3.8, 4) is 0 Å². The molecule has 0 radical (unpaired) electrons. The molecular weight excluding hydrogens is 216 g/mol. The predicted octanol–water partition coefficient (Wildman–Crippen LogP) is 0.557. The van der Waals surface area contributed by atoms with Gasteiger partial charge in [0.05, 0.1) is 0 Å². The maximum absolute atomic E-state index is 11.9. The Labute approximate surface area is 104 Å². The lowest BCUT2D eigenvalue weighted by molar-refractivity contribution is -0.157. The third-order valence-electron chi connectivity index (χ3n) is 4.30. The van der Waals surface area contributed by atoms with E-state index < -0.39 is 6.10 Å². The molecule has 2 heterocycles. The van der Waals surface area contributed by atoms with Gasteiger partial charge in [-0.15, -0.1) is 0 Å². The Hall–Kier alpha value is -0.610.